The Hall–Kier alpha value is -4.26. The first-order valence-corrected chi connectivity index (χ1v) is 14.0. The fourth-order valence-corrected chi connectivity index (χ4v) is 6.02. The fraction of sp³-hybridized carbons (Fsp3) is 0.233. The van der Waals surface area contributed by atoms with E-state index in [1.807, 2.05) is 36.4 Å². The summed E-state index contributed by atoms with van der Waals surface area (Å²) in [7, 11) is 4.30. The first-order valence-electron chi connectivity index (χ1n) is 12.9. The monoisotopic (exact) mass is 667 g/mol. The van der Waals surface area contributed by atoms with Gasteiger partial charge in [-0.3, -0.25) is 0 Å². The van der Waals surface area contributed by atoms with Gasteiger partial charge in [-0.1, -0.05) is 0 Å². The van der Waals surface area contributed by atoms with Crippen molar-refractivity contribution in [3.63, 3.8) is 0 Å². The molecule has 2 N–H and O–H groups in total. The summed E-state index contributed by atoms with van der Waals surface area (Å²) >= 11 is 2.15. The van der Waals surface area contributed by atoms with Crippen LogP contribution in [0.5, 0.6) is 17.4 Å². The van der Waals surface area contributed by atoms with Crippen LogP contribution in [0.1, 0.15) is 32.1 Å². The average molecular weight is 667 g/mol. The molecule has 0 radical (unpaired) electrons. The predicted octanol–water partition coefficient (Wildman–Crippen LogP) is 5.45. The molecular formula is C30H26IN3O7. The number of rotatable bonds is 4. The highest BCUT2D eigenvalue weighted by molar-refractivity contribution is 14.1. The van der Waals surface area contributed by atoms with Gasteiger partial charge < -0.3 is 33.7 Å². The number of hydrogen-bond donors (Lipinski definition) is 2. The highest BCUT2D eigenvalue weighted by Gasteiger charge is 2.25. The van der Waals surface area contributed by atoms with E-state index in [2.05, 4.69) is 37.5 Å². The van der Waals surface area contributed by atoms with Crippen molar-refractivity contribution in [3.05, 3.63) is 68.7 Å². The highest BCUT2D eigenvalue weighted by Crippen LogP contribution is 2.41. The van der Waals surface area contributed by atoms with Crippen molar-refractivity contribution in [1.29, 1.82) is 0 Å². The number of ether oxygens (including phenoxy) is 5. The largest absolute Gasteiger partial charge is 0.493 e. The lowest BCUT2D eigenvalue weighted by molar-refractivity contribution is 0.0586. The van der Waals surface area contributed by atoms with Crippen molar-refractivity contribution in [2.75, 3.05) is 34.5 Å². The van der Waals surface area contributed by atoms with Gasteiger partial charge in [0.05, 0.1) is 38.1 Å². The normalized spacial score (nSPS) is 13.1. The summed E-state index contributed by atoms with van der Waals surface area (Å²) < 4.78 is 27.1. The number of aromatic nitrogens is 3. The van der Waals surface area contributed by atoms with Crippen molar-refractivity contribution in [3.8, 4) is 28.5 Å². The van der Waals surface area contributed by atoms with E-state index in [1.54, 1.807) is 13.3 Å². The maximum absolute atomic E-state index is 12.3. The van der Waals surface area contributed by atoms with Crippen molar-refractivity contribution in [2.24, 2.45) is 0 Å². The maximum Gasteiger partial charge on any atom is 0.355 e. The molecule has 210 valence electrons. The molecule has 0 saturated carbocycles. The average Bonchev–Trinajstić information content (AvgIpc) is 3.79. The van der Waals surface area contributed by atoms with Gasteiger partial charge in [0.15, 0.2) is 0 Å². The Kier molecular flexibility index (Phi) is 7.20. The Morgan fingerprint density at radius 2 is 1.44 bits per heavy atom. The van der Waals surface area contributed by atoms with E-state index in [1.165, 1.54) is 19.8 Å². The van der Waals surface area contributed by atoms with Gasteiger partial charge in [0.1, 0.15) is 22.9 Å². The van der Waals surface area contributed by atoms with Gasteiger partial charge in [-0.15, -0.1) is 0 Å². The minimum Gasteiger partial charge on any atom is -0.493 e. The Morgan fingerprint density at radius 1 is 0.854 bits per heavy atom. The summed E-state index contributed by atoms with van der Waals surface area (Å²) in [5, 5.41) is 1.88. The van der Waals surface area contributed by atoms with Gasteiger partial charge in [0.25, 0.3) is 0 Å². The van der Waals surface area contributed by atoms with Gasteiger partial charge >= 0.3 is 11.9 Å². The van der Waals surface area contributed by atoms with Crippen LogP contribution in [0.25, 0.3) is 32.9 Å². The lowest BCUT2D eigenvalue weighted by Crippen LogP contribution is -2.04. The number of carbonyl (C=O) groups is 2. The van der Waals surface area contributed by atoms with Crippen molar-refractivity contribution >= 4 is 56.3 Å². The van der Waals surface area contributed by atoms with Gasteiger partial charge in [0.2, 0.25) is 5.88 Å². The van der Waals surface area contributed by atoms with Crippen LogP contribution in [-0.2, 0) is 22.3 Å². The molecule has 41 heavy (non-hydrogen) atoms. The van der Waals surface area contributed by atoms with Crippen LogP contribution in [0.3, 0.4) is 0 Å². The Morgan fingerprint density at radius 3 is 2.07 bits per heavy atom. The molecule has 10 nitrogen and oxygen atoms in total. The standard InChI is InChI=1S/C18H16N2O4.C12H10INO3/c1-22-17-11(4-3-6-19-17)15-12-9-14-10(5-7-24-14)8-13(12)20-16(15)18(21)23-2;1-16-12(15)11-10(13)7-5-9-6(2-3-17-9)4-8(7)14-11/h3-4,6,8-9,20H,5,7H2,1-2H3;4-5,14H,2-3H2,1H3. The summed E-state index contributed by atoms with van der Waals surface area (Å²) in [6.45, 7) is 1.42. The number of H-pyrrole nitrogens is 2. The van der Waals surface area contributed by atoms with E-state index in [-0.39, 0.29) is 5.97 Å². The van der Waals surface area contributed by atoms with Gasteiger partial charge in [-0.2, -0.15) is 0 Å². The molecule has 2 aromatic carbocycles. The predicted molar refractivity (Wildman–Crippen MR) is 160 cm³/mol. The second kappa shape index (κ2) is 11.0. The lowest BCUT2D eigenvalue weighted by atomic mass is 10.0. The van der Waals surface area contributed by atoms with Crippen LogP contribution in [0.15, 0.2) is 42.6 Å². The van der Waals surface area contributed by atoms with Crippen molar-refractivity contribution < 1.29 is 33.3 Å². The molecule has 3 aromatic heterocycles. The number of fused-ring (bicyclic) bond motifs is 4. The van der Waals surface area contributed by atoms with Crippen LogP contribution in [0.2, 0.25) is 0 Å². The number of nitrogens with one attached hydrogen (secondary N) is 2. The van der Waals surface area contributed by atoms with E-state index >= 15 is 0 Å². The number of nitrogens with zero attached hydrogens (tertiary/aromatic N) is 1. The van der Waals surface area contributed by atoms with E-state index < -0.39 is 5.97 Å². The molecule has 2 aliphatic heterocycles. The zero-order valence-electron chi connectivity index (χ0n) is 22.6. The number of halogens is 1. The molecule has 0 aliphatic carbocycles. The molecular weight excluding hydrogens is 641 g/mol. The van der Waals surface area contributed by atoms with Crippen molar-refractivity contribution in [2.45, 2.75) is 12.8 Å². The molecule has 0 saturated heterocycles. The van der Waals surface area contributed by atoms with Crippen LogP contribution in [0, 0.1) is 3.57 Å². The summed E-state index contributed by atoms with van der Waals surface area (Å²) in [5.41, 5.74) is 6.45. The highest BCUT2D eigenvalue weighted by atomic mass is 127. The molecule has 0 fully saturated rings. The zero-order valence-corrected chi connectivity index (χ0v) is 24.7. The van der Waals surface area contributed by atoms with Crippen LogP contribution >= 0.6 is 22.6 Å². The van der Waals surface area contributed by atoms with Gasteiger partial charge in [-0.05, 0) is 70.1 Å². The smallest absolute Gasteiger partial charge is 0.355 e. The number of carbonyl (C=O) groups excluding carboxylic acids is 2. The molecule has 0 amide bonds. The van der Waals surface area contributed by atoms with Gasteiger partial charge in [0, 0.05) is 52.0 Å². The number of esters is 2. The summed E-state index contributed by atoms with van der Waals surface area (Å²) in [5.74, 6) is 1.44. The second-order valence-electron chi connectivity index (χ2n) is 9.44. The molecule has 7 rings (SSSR count). The summed E-state index contributed by atoms with van der Waals surface area (Å²) in [6.07, 6.45) is 3.44. The molecule has 2 aliphatic rings. The Balaban J connectivity index is 0.000000156. The molecule has 5 heterocycles. The molecule has 0 bridgehead atoms. The van der Waals surface area contributed by atoms with E-state index in [0.717, 1.165) is 67.5 Å². The molecule has 5 aromatic rings. The molecule has 0 atom stereocenters. The molecule has 11 heteroatoms. The Labute approximate surface area is 248 Å². The minimum atomic E-state index is -0.437. The maximum atomic E-state index is 12.3. The third-order valence-electron chi connectivity index (χ3n) is 7.17. The van der Waals surface area contributed by atoms with E-state index in [0.29, 0.717) is 29.4 Å². The summed E-state index contributed by atoms with van der Waals surface area (Å²) in [6, 6.07) is 11.7. The first-order chi connectivity index (χ1) is 19.9. The number of methoxy groups -OCH3 is 3. The first kappa shape index (κ1) is 26.9. The third kappa shape index (κ3) is 4.73. The second-order valence-corrected chi connectivity index (χ2v) is 10.5. The van der Waals surface area contributed by atoms with Crippen LogP contribution in [0.4, 0.5) is 0 Å². The Bertz CT molecular complexity index is 1820. The summed E-state index contributed by atoms with van der Waals surface area (Å²) in [4.78, 5) is 34.4. The van der Waals surface area contributed by atoms with E-state index in [4.69, 9.17) is 23.7 Å². The fourth-order valence-electron chi connectivity index (χ4n) is 5.22. The number of hydrogen-bond acceptors (Lipinski definition) is 8. The number of benzene rings is 2. The number of aromatic amines is 2. The SMILES string of the molecule is COC(=O)c1[nH]c2cc3c(cc2c1-c1cccnc1OC)OCC3.COC(=O)c1[nH]c2cc3c(cc2c1I)OCC3. The van der Waals surface area contributed by atoms with Gasteiger partial charge in [-0.25, -0.2) is 14.6 Å². The lowest BCUT2D eigenvalue weighted by Gasteiger charge is -2.08. The zero-order chi connectivity index (χ0) is 28.7. The van der Waals surface area contributed by atoms with Crippen molar-refractivity contribution in [1.82, 2.24) is 15.0 Å². The van der Waals surface area contributed by atoms with Crippen LogP contribution < -0.4 is 14.2 Å². The topological polar surface area (TPSA) is 125 Å². The van der Waals surface area contributed by atoms with Crippen LogP contribution in [-0.4, -0.2) is 61.4 Å². The molecule has 0 spiro atoms. The number of pyridine rings is 1. The minimum absolute atomic E-state index is 0.341. The quantitative estimate of drug-likeness (QED) is 0.192. The molecule has 0 unspecified atom stereocenters. The third-order valence-corrected chi connectivity index (χ3v) is 8.29. The van der Waals surface area contributed by atoms with E-state index in [9.17, 15) is 9.59 Å².